The first-order chi connectivity index (χ1) is 7.97. The maximum absolute atomic E-state index is 12.3. The van der Waals surface area contributed by atoms with Gasteiger partial charge in [-0.05, 0) is 31.7 Å². The van der Waals surface area contributed by atoms with E-state index in [1.165, 1.54) is 0 Å². The number of sulfonamides is 1. The molecule has 0 radical (unpaired) electrons. The highest BCUT2D eigenvalue weighted by Crippen LogP contribution is 2.17. The maximum atomic E-state index is 12.3. The predicted molar refractivity (Wildman–Crippen MR) is 71.5 cm³/mol. The van der Waals surface area contributed by atoms with Crippen LogP contribution in [0.4, 0.5) is 0 Å². The van der Waals surface area contributed by atoms with Gasteiger partial charge in [0.25, 0.3) is 0 Å². The summed E-state index contributed by atoms with van der Waals surface area (Å²) in [5.74, 6) is 0.458. The van der Waals surface area contributed by atoms with Crippen LogP contribution in [-0.4, -0.2) is 44.2 Å². The highest BCUT2D eigenvalue weighted by molar-refractivity contribution is 7.89. The first kappa shape index (κ1) is 14.9. The van der Waals surface area contributed by atoms with Gasteiger partial charge in [0.1, 0.15) is 0 Å². The molecule has 17 heavy (non-hydrogen) atoms. The molecule has 1 atom stereocenters. The minimum atomic E-state index is -3.09. The van der Waals surface area contributed by atoms with Gasteiger partial charge in [0, 0.05) is 19.1 Å². The Hall–Kier alpha value is -0.130. The molecule has 1 aliphatic heterocycles. The largest absolute Gasteiger partial charge is 0.315 e. The molecule has 102 valence electrons. The van der Waals surface area contributed by atoms with E-state index in [-0.39, 0.29) is 17.7 Å². The van der Waals surface area contributed by atoms with Gasteiger partial charge in [0.15, 0.2) is 0 Å². The summed E-state index contributed by atoms with van der Waals surface area (Å²) < 4.78 is 26.4. The molecule has 5 heteroatoms. The van der Waals surface area contributed by atoms with Gasteiger partial charge >= 0.3 is 0 Å². The standard InChI is InChI=1S/C12H26N2O2S/c1-4-8-14(12-6-5-7-13-9-12)17(15,16)10-11(2)3/h11-13H,4-10H2,1-3H3. The summed E-state index contributed by atoms with van der Waals surface area (Å²) in [6.07, 6.45) is 2.94. The van der Waals surface area contributed by atoms with E-state index in [0.717, 1.165) is 32.4 Å². The zero-order chi connectivity index (χ0) is 12.9. The third-order valence-corrected chi connectivity index (χ3v) is 5.31. The molecule has 0 spiro atoms. The Bertz CT molecular complexity index is 308. The SMILES string of the molecule is CCCN(C1CCCNC1)S(=O)(=O)CC(C)C. The van der Waals surface area contributed by atoms with Crippen molar-refractivity contribution in [2.24, 2.45) is 5.92 Å². The lowest BCUT2D eigenvalue weighted by Crippen LogP contribution is -2.49. The first-order valence-corrected chi connectivity index (χ1v) is 8.28. The summed E-state index contributed by atoms with van der Waals surface area (Å²) in [6.45, 7) is 8.43. The molecule has 1 unspecified atom stereocenters. The van der Waals surface area contributed by atoms with E-state index < -0.39 is 10.0 Å². The average Bonchev–Trinajstić information content (AvgIpc) is 2.25. The van der Waals surface area contributed by atoms with E-state index in [1.807, 2.05) is 20.8 Å². The summed E-state index contributed by atoms with van der Waals surface area (Å²) in [5, 5.41) is 3.29. The second-order valence-corrected chi connectivity index (χ2v) is 7.25. The number of rotatable bonds is 6. The number of hydrogen-bond donors (Lipinski definition) is 1. The molecule has 0 aromatic carbocycles. The summed E-state index contributed by atoms with van der Waals surface area (Å²) in [4.78, 5) is 0. The van der Waals surface area contributed by atoms with Gasteiger partial charge in [-0.1, -0.05) is 20.8 Å². The maximum Gasteiger partial charge on any atom is 0.214 e. The average molecular weight is 262 g/mol. The van der Waals surface area contributed by atoms with Crippen molar-refractivity contribution in [1.82, 2.24) is 9.62 Å². The van der Waals surface area contributed by atoms with Crippen molar-refractivity contribution in [3.05, 3.63) is 0 Å². The van der Waals surface area contributed by atoms with E-state index >= 15 is 0 Å². The van der Waals surface area contributed by atoms with Crippen molar-refractivity contribution in [3.63, 3.8) is 0 Å². The van der Waals surface area contributed by atoms with E-state index in [2.05, 4.69) is 5.32 Å². The molecule has 0 aromatic rings. The Morgan fingerprint density at radius 1 is 1.41 bits per heavy atom. The molecule has 1 fully saturated rings. The number of nitrogens with one attached hydrogen (secondary N) is 1. The Kier molecular flexibility index (Phi) is 5.89. The normalized spacial score (nSPS) is 22.3. The van der Waals surface area contributed by atoms with Crippen molar-refractivity contribution in [3.8, 4) is 0 Å². The second-order valence-electron chi connectivity index (χ2n) is 5.28. The van der Waals surface area contributed by atoms with Gasteiger partial charge in [0.2, 0.25) is 10.0 Å². The molecule has 1 saturated heterocycles. The van der Waals surface area contributed by atoms with Crippen LogP contribution in [0.1, 0.15) is 40.0 Å². The topological polar surface area (TPSA) is 49.4 Å². The van der Waals surface area contributed by atoms with Gasteiger partial charge in [-0.2, -0.15) is 4.31 Å². The fraction of sp³-hybridized carbons (Fsp3) is 1.00. The zero-order valence-corrected chi connectivity index (χ0v) is 12.1. The van der Waals surface area contributed by atoms with Crippen molar-refractivity contribution in [1.29, 1.82) is 0 Å². The number of nitrogens with zero attached hydrogens (tertiary/aromatic N) is 1. The summed E-state index contributed by atoms with van der Waals surface area (Å²) in [5.41, 5.74) is 0. The van der Waals surface area contributed by atoms with Crippen molar-refractivity contribution in [2.45, 2.75) is 46.1 Å². The highest BCUT2D eigenvalue weighted by atomic mass is 32.2. The first-order valence-electron chi connectivity index (χ1n) is 6.67. The van der Waals surface area contributed by atoms with Crippen LogP contribution in [0.5, 0.6) is 0 Å². The van der Waals surface area contributed by atoms with E-state index in [9.17, 15) is 8.42 Å². The highest BCUT2D eigenvalue weighted by Gasteiger charge is 2.30. The van der Waals surface area contributed by atoms with E-state index in [4.69, 9.17) is 0 Å². The lowest BCUT2D eigenvalue weighted by Gasteiger charge is -2.34. The molecule has 0 aromatic heterocycles. The fourth-order valence-electron chi connectivity index (χ4n) is 2.37. The van der Waals surface area contributed by atoms with Gasteiger partial charge < -0.3 is 5.32 Å². The Labute approximate surface area is 106 Å². The lowest BCUT2D eigenvalue weighted by molar-refractivity contribution is 0.265. The van der Waals surface area contributed by atoms with Crippen LogP contribution < -0.4 is 5.32 Å². The monoisotopic (exact) mass is 262 g/mol. The molecule has 4 nitrogen and oxygen atoms in total. The van der Waals surface area contributed by atoms with Gasteiger partial charge in [-0.25, -0.2) is 8.42 Å². The Balaban J connectivity index is 2.75. The molecular formula is C12H26N2O2S. The van der Waals surface area contributed by atoms with Crippen LogP contribution in [0.2, 0.25) is 0 Å². The molecular weight excluding hydrogens is 236 g/mol. The molecule has 0 bridgehead atoms. The van der Waals surface area contributed by atoms with Crippen LogP contribution in [0.25, 0.3) is 0 Å². The van der Waals surface area contributed by atoms with Gasteiger partial charge in [0.05, 0.1) is 5.75 Å². The van der Waals surface area contributed by atoms with E-state index in [0.29, 0.717) is 6.54 Å². The number of piperidine rings is 1. The second kappa shape index (κ2) is 6.71. The molecule has 0 amide bonds. The van der Waals surface area contributed by atoms with Crippen LogP contribution in [0.15, 0.2) is 0 Å². The van der Waals surface area contributed by atoms with Crippen LogP contribution in [0, 0.1) is 5.92 Å². The van der Waals surface area contributed by atoms with Crippen molar-refractivity contribution in [2.75, 3.05) is 25.4 Å². The quantitative estimate of drug-likeness (QED) is 0.788. The van der Waals surface area contributed by atoms with Crippen LogP contribution in [-0.2, 0) is 10.0 Å². The molecule has 1 N–H and O–H groups in total. The smallest absolute Gasteiger partial charge is 0.214 e. The van der Waals surface area contributed by atoms with Crippen LogP contribution in [0.3, 0.4) is 0 Å². The predicted octanol–water partition coefficient (Wildman–Crippen LogP) is 1.44. The Morgan fingerprint density at radius 3 is 2.59 bits per heavy atom. The zero-order valence-electron chi connectivity index (χ0n) is 11.3. The van der Waals surface area contributed by atoms with Crippen LogP contribution >= 0.6 is 0 Å². The van der Waals surface area contributed by atoms with E-state index in [1.54, 1.807) is 4.31 Å². The van der Waals surface area contributed by atoms with Gasteiger partial charge in [-0.15, -0.1) is 0 Å². The van der Waals surface area contributed by atoms with Crippen molar-refractivity contribution >= 4 is 10.0 Å². The molecule has 0 aliphatic carbocycles. The molecule has 1 aliphatic rings. The summed E-state index contributed by atoms with van der Waals surface area (Å²) >= 11 is 0. The third kappa shape index (κ3) is 4.56. The number of hydrogen-bond acceptors (Lipinski definition) is 3. The Morgan fingerprint density at radius 2 is 2.12 bits per heavy atom. The molecule has 0 saturated carbocycles. The minimum absolute atomic E-state index is 0.160. The summed E-state index contributed by atoms with van der Waals surface area (Å²) in [7, 11) is -3.09. The lowest BCUT2D eigenvalue weighted by atomic mass is 10.1. The minimum Gasteiger partial charge on any atom is -0.315 e. The molecule has 1 heterocycles. The fourth-order valence-corrected chi connectivity index (χ4v) is 4.49. The third-order valence-electron chi connectivity index (χ3n) is 3.02. The van der Waals surface area contributed by atoms with Crippen molar-refractivity contribution < 1.29 is 8.42 Å². The molecule has 1 rings (SSSR count). The summed E-state index contributed by atoms with van der Waals surface area (Å²) in [6, 6.07) is 0.160. The van der Waals surface area contributed by atoms with Gasteiger partial charge in [-0.3, -0.25) is 0 Å².